The topological polar surface area (TPSA) is 46.6 Å². The van der Waals surface area contributed by atoms with Gasteiger partial charge in [0.2, 0.25) is 5.91 Å². The van der Waals surface area contributed by atoms with Gasteiger partial charge in [0.05, 0.1) is 12.7 Å². The normalized spacial score (nSPS) is 15.4. The minimum atomic E-state index is -0.339. The summed E-state index contributed by atoms with van der Waals surface area (Å²) in [6, 6.07) is 7.23. The zero-order valence-electron chi connectivity index (χ0n) is 12.0. The van der Waals surface area contributed by atoms with Gasteiger partial charge in [0.25, 0.3) is 0 Å². The van der Waals surface area contributed by atoms with Crippen molar-refractivity contribution in [3.05, 3.63) is 41.0 Å². The van der Waals surface area contributed by atoms with Gasteiger partial charge in [0.15, 0.2) is 0 Å². The summed E-state index contributed by atoms with van der Waals surface area (Å²) < 4.78 is 4.67. The van der Waals surface area contributed by atoms with Gasteiger partial charge in [-0.25, -0.2) is 4.79 Å². The van der Waals surface area contributed by atoms with Gasteiger partial charge in [0, 0.05) is 24.8 Å². The van der Waals surface area contributed by atoms with Crippen molar-refractivity contribution in [2.24, 2.45) is 0 Å². The summed E-state index contributed by atoms with van der Waals surface area (Å²) in [6.45, 7) is 1.49. The Bertz CT molecular complexity index is 551. The molecule has 1 amide bonds. The SMILES string of the molecule is COC(=O)c1ccc(C=C(CBr)CN2CCCC2=O)cc1. The fourth-order valence-electron chi connectivity index (χ4n) is 2.31. The molecule has 1 aromatic rings. The molecule has 1 aliphatic rings. The van der Waals surface area contributed by atoms with Crippen LogP contribution in [0.1, 0.15) is 28.8 Å². The van der Waals surface area contributed by atoms with Crippen molar-refractivity contribution in [1.29, 1.82) is 0 Å². The Labute approximate surface area is 132 Å². The van der Waals surface area contributed by atoms with Gasteiger partial charge in [-0.2, -0.15) is 0 Å². The number of hydrogen-bond donors (Lipinski definition) is 0. The predicted molar refractivity (Wildman–Crippen MR) is 85.4 cm³/mol. The third-order valence-electron chi connectivity index (χ3n) is 3.44. The van der Waals surface area contributed by atoms with Crippen LogP contribution in [0.5, 0.6) is 0 Å². The molecule has 0 atom stereocenters. The number of halogens is 1. The van der Waals surface area contributed by atoms with E-state index in [1.54, 1.807) is 12.1 Å². The van der Waals surface area contributed by atoms with E-state index < -0.39 is 0 Å². The van der Waals surface area contributed by atoms with E-state index in [2.05, 4.69) is 20.7 Å². The molecule has 21 heavy (non-hydrogen) atoms. The third-order valence-corrected chi connectivity index (χ3v) is 4.16. The van der Waals surface area contributed by atoms with Crippen molar-refractivity contribution < 1.29 is 14.3 Å². The van der Waals surface area contributed by atoms with Crippen molar-refractivity contribution in [3.63, 3.8) is 0 Å². The number of likely N-dealkylation sites (tertiary alicyclic amines) is 1. The van der Waals surface area contributed by atoms with Crippen LogP contribution in [0.15, 0.2) is 29.8 Å². The molecule has 0 radical (unpaired) electrons. The highest BCUT2D eigenvalue weighted by Crippen LogP contribution is 2.16. The second-order valence-electron chi connectivity index (χ2n) is 4.97. The van der Waals surface area contributed by atoms with Crippen LogP contribution in [0.3, 0.4) is 0 Å². The summed E-state index contributed by atoms with van der Waals surface area (Å²) in [6.07, 6.45) is 3.65. The van der Waals surface area contributed by atoms with Crippen LogP contribution in [0.25, 0.3) is 6.08 Å². The molecule has 0 saturated carbocycles. The van der Waals surface area contributed by atoms with Crippen LogP contribution in [-0.2, 0) is 9.53 Å². The molecule has 1 aromatic carbocycles. The second-order valence-corrected chi connectivity index (χ2v) is 5.53. The van der Waals surface area contributed by atoms with Crippen LogP contribution in [-0.4, -0.2) is 42.3 Å². The van der Waals surface area contributed by atoms with Gasteiger partial charge < -0.3 is 9.64 Å². The van der Waals surface area contributed by atoms with Gasteiger partial charge >= 0.3 is 5.97 Å². The maximum absolute atomic E-state index is 11.7. The average molecular weight is 352 g/mol. The highest BCUT2D eigenvalue weighted by molar-refractivity contribution is 9.09. The summed E-state index contributed by atoms with van der Waals surface area (Å²) in [5.74, 6) is -0.114. The second kappa shape index (κ2) is 7.41. The molecular weight excluding hydrogens is 334 g/mol. The lowest BCUT2D eigenvalue weighted by Crippen LogP contribution is -2.27. The molecule has 0 bridgehead atoms. The number of hydrogen-bond acceptors (Lipinski definition) is 3. The molecule has 0 spiro atoms. The minimum Gasteiger partial charge on any atom is -0.465 e. The lowest BCUT2D eigenvalue weighted by atomic mass is 10.1. The molecule has 5 heteroatoms. The fourth-order valence-corrected chi connectivity index (χ4v) is 2.65. The monoisotopic (exact) mass is 351 g/mol. The maximum atomic E-state index is 11.7. The van der Waals surface area contributed by atoms with Crippen molar-refractivity contribution in [2.75, 3.05) is 25.5 Å². The molecule has 112 valence electrons. The van der Waals surface area contributed by atoms with Crippen molar-refractivity contribution in [2.45, 2.75) is 12.8 Å². The standard InChI is InChI=1S/C16H18BrNO3/c1-21-16(20)14-6-4-12(5-7-14)9-13(10-17)11-18-8-2-3-15(18)19/h4-7,9H,2-3,8,10-11H2,1H3. The van der Waals surface area contributed by atoms with Gasteiger partial charge in [-0.3, -0.25) is 4.79 Å². The van der Waals surface area contributed by atoms with E-state index in [1.807, 2.05) is 23.1 Å². The number of amides is 1. The lowest BCUT2D eigenvalue weighted by molar-refractivity contribution is -0.127. The number of benzene rings is 1. The fraction of sp³-hybridized carbons (Fsp3) is 0.375. The van der Waals surface area contributed by atoms with Gasteiger partial charge in [0.1, 0.15) is 0 Å². The number of rotatable bonds is 5. The smallest absolute Gasteiger partial charge is 0.337 e. The first-order valence-corrected chi connectivity index (χ1v) is 7.97. The summed E-state index contributed by atoms with van der Waals surface area (Å²) >= 11 is 3.47. The Morgan fingerprint density at radius 2 is 2.10 bits per heavy atom. The molecule has 1 heterocycles. The number of alkyl halides is 1. The molecule has 1 aliphatic heterocycles. The molecule has 0 N–H and O–H groups in total. The Hall–Kier alpha value is -1.62. The Balaban J connectivity index is 2.08. The van der Waals surface area contributed by atoms with Crippen molar-refractivity contribution in [3.8, 4) is 0 Å². The van der Waals surface area contributed by atoms with Crippen LogP contribution < -0.4 is 0 Å². The largest absolute Gasteiger partial charge is 0.465 e. The van der Waals surface area contributed by atoms with E-state index in [9.17, 15) is 9.59 Å². The molecule has 1 saturated heterocycles. The van der Waals surface area contributed by atoms with Crippen molar-refractivity contribution >= 4 is 33.9 Å². The van der Waals surface area contributed by atoms with E-state index in [-0.39, 0.29) is 11.9 Å². The number of nitrogens with zero attached hydrogens (tertiary/aromatic N) is 1. The molecule has 0 unspecified atom stereocenters. The van der Waals surface area contributed by atoms with E-state index >= 15 is 0 Å². The number of ether oxygens (including phenoxy) is 1. The summed E-state index contributed by atoms with van der Waals surface area (Å²) in [4.78, 5) is 24.9. The van der Waals surface area contributed by atoms with Crippen LogP contribution >= 0.6 is 15.9 Å². The third kappa shape index (κ3) is 4.17. The predicted octanol–water partition coefficient (Wildman–Crippen LogP) is 2.87. The van der Waals surface area contributed by atoms with Gasteiger partial charge in [-0.1, -0.05) is 34.1 Å². The molecule has 2 rings (SSSR count). The van der Waals surface area contributed by atoms with E-state index in [1.165, 1.54) is 7.11 Å². The number of carbonyl (C=O) groups is 2. The average Bonchev–Trinajstić information content (AvgIpc) is 2.91. The first kappa shape index (κ1) is 15.8. The van der Waals surface area contributed by atoms with E-state index in [4.69, 9.17) is 0 Å². The van der Waals surface area contributed by atoms with E-state index in [0.717, 1.165) is 29.4 Å². The number of esters is 1. The first-order chi connectivity index (χ1) is 10.1. The summed E-state index contributed by atoms with van der Waals surface area (Å²) in [5.41, 5.74) is 2.67. The van der Waals surface area contributed by atoms with Crippen LogP contribution in [0.2, 0.25) is 0 Å². The zero-order valence-corrected chi connectivity index (χ0v) is 13.6. The Kier molecular flexibility index (Phi) is 5.56. The molecule has 0 aliphatic carbocycles. The minimum absolute atomic E-state index is 0.225. The maximum Gasteiger partial charge on any atom is 0.337 e. The molecule has 1 fully saturated rings. The van der Waals surface area contributed by atoms with Crippen molar-refractivity contribution in [1.82, 2.24) is 4.90 Å². The summed E-state index contributed by atoms with van der Waals surface area (Å²) in [7, 11) is 1.37. The number of methoxy groups -OCH3 is 1. The zero-order chi connectivity index (χ0) is 15.2. The van der Waals surface area contributed by atoms with Crippen LogP contribution in [0, 0.1) is 0 Å². The first-order valence-electron chi connectivity index (χ1n) is 6.85. The van der Waals surface area contributed by atoms with Gasteiger partial charge in [-0.05, 0) is 29.7 Å². The lowest BCUT2D eigenvalue weighted by Gasteiger charge is -2.16. The quantitative estimate of drug-likeness (QED) is 0.605. The molecular formula is C16H18BrNO3. The summed E-state index contributed by atoms with van der Waals surface area (Å²) in [5, 5.41) is 0.718. The van der Waals surface area contributed by atoms with Crippen LogP contribution in [0.4, 0.5) is 0 Å². The Morgan fingerprint density at radius 3 is 2.62 bits per heavy atom. The molecule has 4 nitrogen and oxygen atoms in total. The van der Waals surface area contributed by atoms with E-state index in [0.29, 0.717) is 18.5 Å². The molecule has 0 aromatic heterocycles. The van der Waals surface area contributed by atoms with Gasteiger partial charge in [-0.15, -0.1) is 0 Å². The highest BCUT2D eigenvalue weighted by Gasteiger charge is 2.20. The number of carbonyl (C=O) groups excluding carboxylic acids is 2. The highest BCUT2D eigenvalue weighted by atomic mass is 79.9. The Morgan fingerprint density at radius 1 is 1.38 bits per heavy atom.